The zero-order valence-electron chi connectivity index (χ0n) is 18.3. The Morgan fingerprint density at radius 2 is 2.03 bits per heavy atom. The van der Waals surface area contributed by atoms with E-state index in [9.17, 15) is 9.18 Å². The van der Waals surface area contributed by atoms with E-state index in [-0.39, 0.29) is 23.2 Å². The smallest absolute Gasteiger partial charge is 0.278 e. The molecular weight excluding hydrogens is 461 g/mol. The Morgan fingerprint density at radius 1 is 1.18 bits per heavy atom. The first kappa shape index (κ1) is 21.7. The summed E-state index contributed by atoms with van der Waals surface area (Å²) in [6, 6.07) is 7.55. The van der Waals surface area contributed by atoms with Gasteiger partial charge in [0.1, 0.15) is 12.1 Å². The Hall–Kier alpha value is -4.12. The Kier molecular flexibility index (Phi) is 5.54. The Bertz CT molecular complexity index is 1520. The fourth-order valence-electron chi connectivity index (χ4n) is 3.65. The molecule has 0 aliphatic carbocycles. The predicted octanol–water partition coefficient (Wildman–Crippen LogP) is 3.61. The van der Waals surface area contributed by atoms with Gasteiger partial charge in [0.15, 0.2) is 11.3 Å². The van der Waals surface area contributed by atoms with Crippen molar-refractivity contribution >= 4 is 29.1 Å². The quantitative estimate of drug-likeness (QED) is 0.398. The van der Waals surface area contributed by atoms with Crippen molar-refractivity contribution in [1.29, 1.82) is 0 Å². The Labute approximate surface area is 198 Å². The van der Waals surface area contributed by atoms with Crippen LogP contribution >= 0.6 is 11.6 Å². The van der Waals surface area contributed by atoms with Crippen molar-refractivity contribution in [1.82, 2.24) is 39.1 Å². The molecule has 0 bridgehead atoms. The summed E-state index contributed by atoms with van der Waals surface area (Å²) >= 11 is 6.07. The average Bonchev–Trinajstić information content (AvgIpc) is 3.53. The van der Waals surface area contributed by atoms with Gasteiger partial charge in [-0.15, -0.1) is 5.10 Å². The number of carbonyl (C=O) groups excluding carboxylic acids is 1. The second-order valence-electron chi connectivity index (χ2n) is 7.54. The van der Waals surface area contributed by atoms with E-state index in [1.54, 1.807) is 29.0 Å². The van der Waals surface area contributed by atoms with Crippen LogP contribution < -0.4 is 5.32 Å². The maximum absolute atomic E-state index is 13.2. The number of nitrogens with zero attached hydrogens (tertiary/aromatic N) is 8. The molecule has 0 aliphatic heterocycles. The van der Waals surface area contributed by atoms with Gasteiger partial charge in [-0.05, 0) is 37.6 Å². The number of halogens is 2. The van der Waals surface area contributed by atoms with E-state index in [2.05, 4.69) is 30.6 Å². The number of rotatable bonds is 6. The van der Waals surface area contributed by atoms with E-state index in [4.69, 9.17) is 11.6 Å². The number of benzene rings is 1. The summed E-state index contributed by atoms with van der Waals surface area (Å²) in [7, 11) is 0. The number of hydrogen-bond donors (Lipinski definition) is 1. The first-order valence-electron chi connectivity index (χ1n) is 10.4. The van der Waals surface area contributed by atoms with E-state index in [1.807, 2.05) is 24.6 Å². The fourth-order valence-corrected chi connectivity index (χ4v) is 3.87. The van der Waals surface area contributed by atoms with Gasteiger partial charge in [-0.25, -0.2) is 23.6 Å². The summed E-state index contributed by atoms with van der Waals surface area (Å²) in [4.78, 5) is 21.3. The number of hydrogen-bond acceptors (Lipinski definition) is 6. The molecule has 10 nitrogen and oxygen atoms in total. The van der Waals surface area contributed by atoms with E-state index >= 15 is 0 Å². The van der Waals surface area contributed by atoms with Crippen molar-refractivity contribution in [2.45, 2.75) is 26.9 Å². The molecule has 0 saturated carbocycles. The minimum absolute atomic E-state index is 0.105. The number of nitrogens with one attached hydrogen (secondary N) is 1. The highest BCUT2D eigenvalue weighted by Crippen LogP contribution is 2.24. The summed E-state index contributed by atoms with van der Waals surface area (Å²) < 4.78 is 18.2. The minimum Gasteiger partial charge on any atom is -0.288 e. The van der Waals surface area contributed by atoms with Crippen LogP contribution in [0.25, 0.3) is 16.9 Å². The summed E-state index contributed by atoms with van der Waals surface area (Å²) in [5, 5.41) is 16.0. The lowest BCUT2D eigenvalue weighted by molar-refractivity contribution is 0.102. The third-order valence-corrected chi connectivity index (χ3v) is 5.73. The fraction of sp³-hybridized carbons (Fsp3) is 0.182. The first-order valence-corrected chi connectivity index (χ1v) is 10.8. The molecule has 4 heterocycles. The summed E-state index contributed by atoms with van der Waals surface area (Å²) in [6.45, 7) is 5.02. The van der Waals surface area contributed by atoms with Gasteiger partial charge in [0.25, 0.3) is 5.91 Å². The molecular formula is C22H19ClFN9O. The van der Waals surface area contributed by atoms with Crippen molar-refractivity contribution in [3.63, 3.8) is 0 Å². The van der Waals surface area contributed by atoms with E-state index in [1.165, 1.54) is 23.1 Å². The molecule has 1 N–H and O–H groups in total. The molecule has 4 aromatic heterocycles. The molecule has 172 valence electrons. The summed E-state index contributed by atoms with van der Waals surface area (Å²) in [6.07, 6.45) is 4.90. The average molecular weight is 480 g/mol. The molecule has 5 rings (SSSR count). The second-order valence-corrected chi connectivity index (χ2v) is 7.95. The van der Waals surface area contributed by atoms with Crippen LogP contribution in [0.4, 0.5) is 10.3 Å². The van der Waals surface area contributed by atoms with Crippen LogP contribution in [-0.4, -0.2) is 45.1 Å². The topological polar surface area (TPSA) is 108 Å². The van der Waals surface area contributed by atoms with Crippen LogP contribution in [-0.2, 0) is 13.1 Å². The van der Waals surface area contributed by atoms with Gasteiger partial charge >= 0.3 is 0 Å². The zero-order chi connectivity index (χ0) is 23.8. The zero-order valence-corrected chi connectivity index (χ0v) is 19.0. The SMILES string of the molecule is CCn1ncc(-c2ccnc3cc(C(=O)Nc4ncn(Cc5ccc(F)cc5Cl)n4)nn23)c1C. The maximum Gasteiger partial charge on any atom is 0.278 e. The van der Waals surface area contributed by atoms with Crippen LogP contribution in [0.15, 0.2) is 49.1 Å². The number of aromatic nitrogens is 8. The highest BCUT2D eigenvalue weighted by Gasteiger charge is 2.18. The number of fused-ring (bicyclic) bond motifs is 1. The van der Waals surface area contributed by atoms with Crippen LogP contribution in [0, 0.1) is 12.7 Å². The van der Waals surface area contributed by atoms with Gasteiger partial charge < -0.3 is 0 Å². The van der Waals surface area contributed by atoms with Crippen molar-refractivity contribution in [3.05, 3.63) is 76.8 Å². The molecule has 0 unspecified atom stereocenters. The van der Waals surface area contributed by atoms with E-state index < -0.39 is 11.7 Å². The predicted molar refractivity (Wildman–Crippen MR) is 123 cm³/mol. The standard InChI is InChI=1S/C22H19ClFN9O/c1-3-32-13(2)16(10-27-32)19-6-7-25-20-9-18(29-33(19)20)21(34)28-22-26-12-31(30-22)11-14-4-5-15(24)8-17(14)23/h4-10,12H,3,11H2,1-2H3,(H,28,30,34). The third-order valence-electron chi connectivity index (χ3n) is 5.38. The highest BCUT2D eigenvalue weighted by atomic mass is 35.5. The minimum atomic E-state index is -0.477. The first-order chi connectivity index (χ1) is 16.4. The van der Waals surface area contributed by atoms with Gasteiger partial charge in [-0.1, -0.05) is 17.7 Å². The van der Waals surface area contributed by atoms with E-state index in [0.29, 0.717) is 11.2 Å². The molecule has 0 atom stereocenters. The van der Waals surface area contributed by atoms with Gasteiger partial charge in [-0.2, -0.15) is 10.2 Å². The van der Waals surface area contributed by atoms with Crippen LogP contribution in [0.2, 0.25) is 5.02 Å². The largest absolute Gasteiger partial charge is 0.288 e. The number of anilines is 1. The molecule has 34 heavy (non-hydrogen) atoms. The monoisotopic (exact) mass is 479 g/mol. The van der Waals surface area contributed by atoms with Crippen LogP contribution in [0.5, 0.6) is 0 Å². The third kappa shape index (κ3) is 4.01. The van der Waals surface area contributed by atoms with Crippen LogP contribution in [0.3, 0.4) is 0 Å². The van der Waals surface area contributed by atoms with Gasteiger partial charge in [0, 0.05) is 35.1 Å². The van der Waals surface area contributed by atoms with Crippen molar-refractivity contribution in [2.24, 2.45) is 0 Å². The lowest BCUT2D eigenvalue weighted by atomic mass is 10.2. The highest BCUT2D eigenvalue weighted by molar-refractivity contribution is 6.31. The molecule has 5 aromatic rings. The van der Waals surface area contributed by atoms with Gasteiger partial charge in [0.05, 0.1) is 18.4 Å². The molecule has 1 amide bonds. The van der Waals surface area contributed by atoms with Crippen molar-refractivity contribution < 1.29 is 9.18 Å². The van der Waals surface area contributed by atoms with Crippen molar-refractivity contribution in [3.8, 4) is 11.3 Å². The summed E-state index contributed by atoms with van der Waals surface area (Å²) in [5.74, 6) is -0.789. The number of amides is 1. The van der Waals surface area contributed by atoms with Crippen molar-refractivity contribution in [2.75, 3.05) is 5.32 Å². The van der Waals surface area contributed by atoms with E-state index in [0.717, 1.165) is 23.5 Å². The van der Waals surface area contributed by atoms with Gasteiger partial charge in [0.2, 0.25) is 5.95 Å². The maximum atomic E-state index is 13.2. The number of aryl methyl sites for hydroxylation is 1. The number of carbonyl (C=O) groups is 1. The molecule has 0 saturated heterocycles. The Morgan fingerprint density at radius 3 is 2.79 bits per heavy atom. The lowest BCUT2D eigenvalue weighted by Crippen LogP contribution is -2.14. The Balaban J connectivity index is 1.37. The van der Waals surface area contributed by atoms with Gasteiger partial charge in [-0.3, -0.25) is 14.8 Å². The molecule has 0 fully saturated rings. The molecule has 0 aliphatic rings. The normalized spacial score (nSPS) is 11.3. The molecule has 1 aromatic carbocycles. The lowest BCUT2D eigenvalue weighted by Gasteiger charge is -2.04. The molecule has 12 heteroatoms. The van der Waals surface area contributed by atoms with Crippen LogP contribution in [0.1, 0.15) is 28.7 Å². The molecule has 0 radical (unpaired) electrons. The molecule has 0 spiro atoms. The summed E-state index contributed by atoms with van der Waals surface area (Å²) in [5.41, 5.74) is 4.04. The second kappa shape index (κ2) is 8.67.